The van der Waals surface area contributed by atoms with Gasteiger partial charge in [-0.1, -0.05) is 11.8 Å². The number of nitrogens with zero attached hydrogens (tertiary/aromatic N) is 1. The summed E-state index contributed by atoms with van der Waals surface area (Å²) < 4.78 is 4.62. The normalized spacial score (nSPS) is 10.1. The minimum Gasteiger partial charge on any atom is -0.465 e. The molecular weight excluding hydrogens is 278 g/mol. The summed E-state index contributed by atoms with van der Waals surface area (Å²) in [4.78, 5) is 23.2. The molecular formula is C14H11NO4S. The molecule has 0 aliphatic rings. The average molecular weight is 289 g/mol. The van der Waals surface area contributed by atoms with E-state index < -0.39 is 4.92 Å². The van der Waals surface area contributed by atoms with Crippen LogP contribution in [0.25, 0.3) is 0 Å². The second kappa shape index (κ2) is 6.21. The van der Waals surface area contributed by atoms with E-state index in [0.29, 0.717) is 5.56 Å². The van der Waals surface area contributed by atoms with Crippen molar-refractivity contribution in [2.24, 2.45) is 0 Å². The van der Waals surface area contributed by atoms with Crippen molar-refractivity contribution in [1.82, 2.24) is 0 Å². The van der Waals surface area contributed by atoms with Gasteiger partial charge < -0.3 is 4.74 Å². The molecule has 0 heterocycles. The van der Waals surface area contributed by atoms with Crippen LogP contribution in [0.5, 0.6) is 0 Å². The molecule has 5 nitrogen and oxygen atoms in total. The second-order valence-corrected chi connectivity index (χ2v) is 5.02. The summed E-state index contributed by atoms with van der Waals surface area (Å²) in [5.74, 6) is -0.378. The van der Waals surface area contributed by atoms with Gasteiger partial charge in [0.25, 0.3) is 5.69 Å². The van der Waals surface area contributed by atoms with E-state index in [9.17, 15) is 14.9 Å². The average Bonchev–Trinajstić information content (AvgIpc) is 2.48. The summed E-state index contributed by atoms with van der Waals surface area (Å²) in [6.07, 6.45) is 0. The molecule has 0 amide bonds. The van der Waals surface area contributed by atoms with Gasteiger partial charge in [0.05, 0.1) is 17.6 Å². The lowest BCUT2D eigenvalue weighted by atomic mass is 10.2. The smallest absolute Gasteiger partial charge is 0.337 e. The highest BCUT2D eigenvalue weighted by Gasteiger charge is 2.07. The lowest BCUT2D eigenvalue weighted by molar-refractivity contribution is -0.384. The molecule has 0 aliphatic carbocycles. The van der Waals surface area contributed by atoms with E-state index >= 15 is 0 Å². The fourth-order valence-electron chi connectivity index (χ4n) is 1.55. The van der Waals surface area contributed by atoms with E-state index in [-0.39, 0.29) is 11.7 Å². The first kappa shape index (κ1) is 14.1. The van der Waals surface area contributed by atoms with Crippen LogP contribution in [0.2, 0.25) is 0 Å². The second-order valence-electron chi connectivity index (χ2n) is 3.87. The van der Waals surface area contributed by atoms with E-state index in [4.69, 9.17) is 0 Å². The maximum Gasteiger partial charge on any atom is 0.337 e. The van der Waals surface area contributed by atoms with E-state index in [1.165, 1.54) is 31.0 Å². The van der Waals surface area contributed by atoms with Crippen molar-refractivity contribution in [3.8, 4) is 0 Å². The third-order valence-electron chi connectivity index (χ3n) is 2.56. The molecule has 2 rings (SSSR count). The summed E-state index contributed by atoms with van der Waals surface area (Å²) in [7, 11) is 1.34. The predicted molar refractivity (Wildman–Crippen MR) is 75.0 cm³/mol. The predicted octanol–water partition coefficient (Wildman–Crippen LogP) is 3.53. The number of methoxy groups -OCH3 is 1. The number of rotatable bonds is 4. The van der Waals surface area contributed by atoms with Crippen molar-refractivity contribution >= 4 is 23.4 Å². The molecule has 0 aromatic heterocycles. The summed E-state index contributed by atoms with van der Waals surface area (Å²) in [6, 6.07) is 13.3. The van der Waals surface area contributed by atoms with Crippen molar-refractivity contribution in [2.75, 3.05) is 7.11 Å². The summed E-state index contributed by atoms with van der Waals surface area (Å²) in [5, 5.41) is 10.6. The fraction of sp³-hybridized carbons (Fsp3) is 0.0714. The van der Waals surface area contributed by atoms with E-state index in [1.807, 2.05) is 0 Å². The third-order valence-corrected chi connectivity index (χ3v) is 3.57. The van der Waals surface area contributed by atoms with Gasteiger partial charge in [-0.15, -0.1) is 0 Å². The number of benzene rings is 2. The molecule has 2 aromatic carbocycles. The van der Waals surface area contributed by atoms with Crippen molar-refractivity contribution in [2.45, 2.75) is 9.79 Å². The number of esters is 1. The number of hydrogen-bond donors (Lipinski definition) is 0. The molecule has 0 spiro atoms. The van der Waals surface area contributed by atoms with Gasteiger partial charge >= 0.3 is 5.97 Å². The number of nitro benzene ring substituents is 1. The molecule has 0 saturated heterocycles. The molecule has 0 radical (unpaired) electrons. The van der Waals surface area contributed by atoms with Crippen LogP contribution in [-0.4, -0.2) is 18.0 Å². The van der Waals surface area contributed by atoms with Gasteiger partial charge in [-0.2, -0.15) is 0 Å². The van der Waals surface area contributed by atoms with Crippen LogP contribution in [0, 0.1) is 10.1 Å². The van der Waals surface area contributed by atoms with Crippen molar-refractivity contribution in [3.05, 3.63) is 64.2 Å². The van der Waals surface area contributed by atoms with Gasteiger partial charge in [0.1, 0.15) is 0 Å². The SMILES string of the molecule is COC(=O)c1ccc(Sc2ccc([N+](=O)[O-])cc2)cc1. The van der Waals surface area contributed by atoms with Crippen molar-refractivity contribution in [3.63, 3.8) is 0 Å². The Morgan fingerprint density at radius 3 is 2.00 bits per heavy atom. The maximum atomic E-state index is 11.3. The van der Waals surface area contributed by atoms with Gasteiger partial charge in [-0.3, -0.25) is 10.1 Å². The molecule has 0 fully saturated rings. The topological polar surface area (TPSA) is 69.4 Å². The van der Waals surface area contributed by atoms with Gasteiger partial charge in [-0.25, -0.2) is 4.79 Å². The first-order valence-corrected chi connectivity index (χ1v) is 6.52. The highest BCUT2D eigenvalue weighted by molar-refractivity contribution is 7.99. The number of nitro groups is 1. The molecule has 102 valence electrons. The highest BCUT2D eigenvalue weighted by Crippen LogP contribution is 2.29. The first-order chi connectivity index (χ1) is 9.60. The van der Waals surface area contributed by atoms with Crippen LogP contribution in [0.1, 0.15) is 10.4 Å². The van der Waals surface area contributed by atoms with Gasteiger partial charge in [0.2, 0.25) is 0 Å². The first-order valence-electron chi connectivity index (χ1n) is 5.71. The Hall–Kier alpha value is -2.34. The standard InChI is InChI=1S/C14H11NO4S/c1-19-14(16)10-2-6-12(7-3-10)20-13-8-4-11(5-9-13)15(17)18/h2-9H,1H3. The minimum absolute atomic E-state index is 0.0652. The molecule has 6 heteroatoms. The van der Waals surface area contributed by atoms with Crippen molar-refractivity contribution in [1.29, 1.82) is 0 Å². The molecule has 20 heavy (non-hydrogen) atoms. The van der Waals surface area contributed by atoms with E-state index in [1.54, 1.807) is 36.4 Å². The van der Waals surface area contributed by atoms with Crippen LogP contribution in [0.3, 0.4) is 0 Å². The Balaban J connectivity index is 2.10. The Bertz CT molecular complexity index is 623. The van der Waals surface area contributed by atoms with Gasteiger partial charge in [-0.05, 0) is 36.4 Å². The third kappa shape index (κ3) is 3.36. The minimum atomic E-state index is -0.431. The highest BCUT2D eigenvalue weighted by atomic mass is 32.2. The lowest BCUT2D eigenvalue weighted by Gasteiger charge is -2.03. The van der Waals surface area contributed by atoms with Crippen LogP contribution >= 0.6 is 11.8 Å². The zero-order valence-corrected chi connectivity index (χ0v) is 11.4. The number of non-ortho nitro benzene ring substituents is 1. The summed E-state index contributed by atoms with van der Waals surface area (Å²) >= 11 is 1.46. The van der Waals surface area contributed by atoms with E-state index in [2.05, 4.69) is 4.74 Å². The number of carbonyl (C=O) groups excluding carboxylic acids is 1. The fourth-order valence-corrected chi connectivity index (χ4v) is 2.37. The molecule has 0 N–H and O–H groups in total. The van der Waals surface area contributed by atoms with Crippen LogP contribution < -0.4 is 0 Å². The lowest BCUT2D eigenvalue weighted by Crippen LogP contribution is -2.00. The largest absolute Gasteiger partial charge is 0.465 e. The van der Waals surface area contributed by atoms with Gasteiger partial charge in [0, 0.05) is 21.9 Å². The Morgan fingerprint density at radius 2 is 1.55 bits per heavy atom. The Kier molecular flexibility index (Phi) is 4.37. The number of carbonyl (C=O) groups is 1. The quantitative estimate of drug-likeness (QED) is 0.489. The van der Waals surface area contributed by atoms with Crippen LogP contribution in [0.4, 0.5) is 5.69 Å². The monoisotopic (exact) mass is 289 g/mol. The maximum absolute atomic E-state index is 11.3. The zero-order chi connectivity index (χ0) is 14.5. The Morgan fingerprint density at radius 1 is 1.05 bits per heavy atom. The summed E-state index contributed by atoms with van der Waals surface area (Å²) in [5.41, 5.74) is 0.552. The number of ether oxygens (including phenoxy) is 1. The van der Waals surface area contributed by atoms with Crippen molar-refractivity contribution < 1.29 is 14.5 Å². The van der Waals surface area contributed by atoms with Crippen LogP contribution in [0.15, 0.2) is 58.3 Å². The number of hydrogen-bond acceptors (Lipinski definition) is 5. The molecule has 2 aromatic rings. The molecule has 0 bridgehead atoms. The summed E-state index contributed by atoms with van der Waals surface area (Å²) in [6.45, 7) is 0. The zero-order valence-electron chi connectivity index (χ0n) is 10.6. The van der Waals surface area contributed by atoms with Gasteiger partial charge in [0.15, 0.2) is 0 Å². The van der Waals surface area contributed by atoms with Crippen LogP contribution in [-0.2, 0) is 4.74 Å². The molecule has 0 unspecified atom stereocenters. The molecule has 0 saturated carbocycles. The van der Waals surface area contributed by atoms with E-state index in [0.717, 1.165) is 9.79 Å². The molecule has 0 aliphatic heterocycles. The Labute approximate surface area is 119 Å². The molecule has 0 atom stereocenters.